The van der Waals surface area contributed by atoms with E-state index in [1.807, 2.05) is 0 Å². The van der Waals surface area contributed by atoms with Crippen molar-refractivity contribution in [3.8, 4) is 0 Å². The lowest BCUT2D eigenvalue weighted by Gasteiger charge is -2.04. The molecule has 0 heterocycles. The molecular formula is C6H16N2O4S2. The summed E-state index contributed by atoms with van der Waals surface area (Å²) in [6.45, 7) is 2.03. The Bertz CT molecular complexity index is 346. The second-order valence-corrected chi connectivity index (χ2v) is 6.75. The van der Waals surface area contributed by atoms with E-state index in [4.69, 9.17) is 0 Å². The van der Waals surface area contributed by atoms with Gasteiger partial charge in [0.05, 0.1) is 12.0 Å². The molecule has 0 aliphatic heterocycles. The number of sulfonamides is 2. The zero-order chi connectivity index (χ0) is 11.2. The van der Waals surface area contributed by atoms with E-state index in [2.05, 4.69) is 9.44 Å². The van der Waals surface area contributed by atoms with E-state index in [1.54, 1.807) is 0 Å². The largest absolute Gasteiger partial charge is 0.215 e. The molecular weight excluding hydrogens is 228 g/mol. The first-order valence-corrected chi connectivity index (χ1v) is 7.73. The first-order valence-electron chi connectivity index (χ1n) is 4.19. The highest BCUT2D eigenvalue weighted by Gasteiger charge is 2.05. The average Bonchev–Trinajstić information content (AvgIpc) is 2.01. The molecule has 0 aliphatic rings. The standard InChI is InChI=1S/C6H16N2O4S2/c1-3-14(11,12)8-6-4-5-7-13(2,9)10/h7-8H,3-6H2,1-2H3. The van der Waals surface area contributed by atoms with Crippen LogP contribution in [0.2, 0.25) is 0 Å². The van der Waals surface area contributed by atoms with Crippen molar-refractivity contribution >= 4 is 20.0 Å². The third-order valence-corrected chi connectivity index (χ3v) is 3.55. The maximum Gasteiger partial charge on any atom is 0.211 e. The van der Waals surface area contributed by atoms with Gasteiger partial charge in [0, 0.05) is 13.1 Å². The van der Waals surface area contributed by atoms with E-state index >= 15 is 0 Å². The Balaban J connectivity index is 3.59. The quantitative estimate of drug-likeness (QED) is 0.554. The summed E-state index contributed by atoms with van der Waals surface area (Å²) >= 11 is 0. The Hall–Kier alpha value is -0.180. The minimum Gasteiger partial charge on any atom is -0.215 e. The van der Waals surface area contributed by atoms with Gasteiger partial charge in [-0.3, -0.25) is 0 Å². The minimum atomic E-state index is -3.17. The number of hydrogen-bond donors (Lipinski definition) is 2. The van der Waals surface area contributed by atoms with Crippen molar-refractivity contribution < 1.29 is 16.8 Å². The van der Waals surface area contributed by atoms with Gasteiger partial charge in [0.15, 0.2) is 0 Å². The zero-order valence-corrected chi connectivity index (χ0v) is 9.91. The van der Waals surface area contributed by atoms with Crippen molar-refractivity contribution in [3.05, 3.63) is 0 Å². The molecule has 0 aliphatic carbocycles. The second-order valence-electron chi connectivity index (χ2n) is 2.82. The summed E-state index contributed by atoms with van der Waals surface area (Å²) in [6, 6.07) is 0. The van der Waals surface area contributed by atoms with Gasteiger partial charge >= 0.3 is 0 Å². The zero-order valence-electron chi connectivity index (χ0n) is 8.28. The van der Waals surface area contributed by atoms with E-state index in [9.17, 15) is 16.8 Å². The minimum absolute atomic E-state index is 0.0342. The maximum atomic E-state index is 10.9. The van der Waals surface area contributed by atoms with Gasteiger partial charge in [-0.05, 0) is 13.3 Å². The van der Waals surface area contributed by atoms with Crippen molar-refractivity contribution in [3.63, 3.8) is 0 Å². The lowest BCUT2D eigenvalue weighted by molar-refractivity contribution is 0.576. The van der Waals surface area contributed by atoms with E-state index in [1.165, 1.54) is 6.92 Å². The van der Waals surface area contributed by atoms with Crippen molar-refractivity contribution in [1.82, 2.24) is 9.44 Å². The van der Waals surface area contributed by atoms with Crippen molar-refractivity contribution in [2.45, 2.75) is 13.3 Å². The first-order chi connectivity index (χ1) is 6.27. The molecule has 0 fully saturated rings. The summed E-state index contributed by atoms with van der Waals surface area (Å²) in [6.07, 6.45) is 1.50. The van der Waals surface area contributed by atoms with Gasteiger partial charge in [-0.25, -0.2) is 26.3 Å². The van der Waals surface area contributed by atoms with Crippen LogP contribution in [0.25, 0.3) is 0 Å². The van der Waals surface area contributed by atoms with Gasteiger partial charge in [0.25, 0.3) is 0 Å². The van der Waals surface area contributed by atoms with Gasteiger partial charge in [-0.1, -0.05) is 0 Å². The fourth-order valence-corrected chi connectivity index (χ4v) is 1.85. The normalized spacial score (nSPS) is 13.0. The Labute approximate surface area is 85.2 Å². The molecule has 0 rings (SSSR count). The molecule has 0 aromatic carbocycles. The Kier molecular flexibility index (Phi) is 5.57. The summed E-state index contributed by atoms with van der Waals surface area (Å²) in [7, 11) is -6.34. The molecule has 6 nitrogen and oxygen atoms in total. The summed E-state index contributed by atoms with van der Waals surface area (Å²) < 4.78 is 47.6. The molecule has 0 saturated heterocycles. The Morgan fingerprint density at radius 1 is 1.00 bits per heavy atom. The monoisotopic (exact) mass is 244 g/mol. The van der Waals surface area contributed by atoms with Crippen LogP contribution in [-0.2, 0) is 20.0 Å². The third-order valence-electron chi connectivity index (χ3n) is 1.42. The topological polar surface area (TPSA) is 92.3 Å². The molecule has 0 radical (unpaired) electrons. The van der Waals surface area contributed by atoms with E-state index < -0.39 is 20.0 Å². The molecule has 0 unspecified atom stereocenters. The van der Waals surface area contributed by atoms with Gasteiger partial charge in [-0.15, -0.1) is 0 Å². The van der Waals surface area contributed by atoms with Crippen molar-refractivity contribution in [2.75, 3.05) is 25.1 Å². The molecule has 0 bridgehead atoms. The average molecular weight is 244 g/mol. The van der Waals surface area contributed by atoms with Gasteiger partial charge in [0.1, 0.15) is 0 Å². The number of nitrogens with one attached hydrogen (secondary N) is 2. The lowest BCUT2D eigenvalue weighted by atomic mass is 10.4. The molecule has 86 valence electrons. The highest BCUT2D eigenvalue weighted by Crippen LogP contribution is 1.84. The predicted octanol–water partition coefficient (Wildman–Crippen LogP) is -1.13. The van der Waals surface area contributed by atoms with E-state index in [0.717, 1.165) is 6.26 Å². The number of hydrogen-bond acceptors (Lipinski definition) is 4. The highest BCUT2D eigenvalue weighted by molar-refractivity contribution is 7.89. The molecule has 0 atom stereocenters. The Morgan fingerprint density at radius 2 is 1.50 bits per heavy atom. The second kappa shape index (κ2) is 5.64. The number of rotatable bonds is 7. The van der Waals surface area contributed by atoms with Crippen LogP contribution in [0.5, 0.6) is 0 Å². The molecule has 0 amide bonds. The smallest absolute Gasteiger partial charge is 0.211 e. The summed E-state index contributed by atoms with van der Waals surface area (Å²) in [5.74, 6) is 0.0342. The van der Waals surface area contributed by atoms with Crippen LogP contribution in [0.3, 0.4) is 0 Å². The van der Waals surface area contributed by atoms with E-state index in [-0.39, 0.29) is 18.8 Å². The van der Waals surface area contributed by atoms with Crippen molar-refractivity contribution in [2.24, 2.45) is 0 Å². The van der Waals surface area contributed by atoms with Crippen LogP contribution in [0.1, 0.15) is 13.3 Å². The molecule has 0 saturated carbocycles. The highest BCUT2D eigenvalue weighted by atomic mass is 32.2. The van der Waals surface area contributed by atoms with Gasteiger partial charge in [-0.2, -0.15) is 0 Å². The fraction of sp³-hybridized carbons (Fsp3) is 1.00. The van der Waals surface area contributed by atoms with Crippen LogP contribution in [0.4, 0.5) is 0 Å². The molecule has 0 aromatic heterocycles. The third kappa shape index (κ3) is 8.42. The van der Waals surface area contributed by atoms with Crippen LogP contribution >= 0.6 is 0 Å². The lowest BCUT2D eigenvalue weighted by Crippen LogP contribution is -2.30. The first kappa shape index (κ1) is 13.8. The van der Waals surface area contributed by atoms with Crippen molar-refractivity contribution in [1.29, 1.82) is 0 Å². The van der Waals surface area contributed by atoms with E-state index in [0.29, 0.717) is 6.42 Å². The van der Waals surface area contributed by atoms with Crippen LogP contribution in [-0.4, -0.2) is 41.9 Å². The van der Waals surface area contributed by atoms with Crippen LogP contribution < -0.4 is 9.44 Å². The predicted molar refractivity (Wildman–Crippen MR) is 54.9 cm³/mol. The van der Waals surface area contributed by atoms with Crippen LogP contribution in [0, 0.1) is 0 Å². The SMILES string of the molecule is CCS(=O)(=O)NCCCNS(C)(=O)=O. The molecule has 14 heavy (non-hydrogen) atoms. The fourth-order valence-electron chi connectivity index (χ4n) is 0.676. The summed E-state index contributed by atoms with van der Waals surface area (Å²) in [5.41, 5.74) is 0. The maximum absolute atomic E-state index is 10.9. The molecule has 0 aromatic rings. The Morgan fingerprint density at radius 3 is 1.93 bits per heavy atom. The van der Waals surface area contributed by atoms with Crippen LogP contribution in [0.15, 0.2) is 0 Å². The molecule has 8 heteroatoms. The molecule has 0 spiro atoms. The summed E-state index contributed by atoms with van der Waals surface area (Å²) in [4.78, 5) is 0. The summed E-state index contributed by atoms with van der Waals surface area (Å²) in [5, 5.41) is 0. The van der Waals surface area contributed by atoms with Gasteiger partial charge < -0.3 is 0 Å². The van der Waals surface area contributed by atoms with Gasteiger partial charge in [0.2, 0.25) is 20.0 Å². The molecule has 2 N–H and O–H groups in total.